The molecule has 0 aliphatic carbocycles. The first-order valence-electron chi connectivity index (χ1n) is 4.08. The third-order valence-electron chi connectivity index (χ3n) is 1.92. The molecule has 1 rings (SSSR count). The van der Waals surface area contributed by atoms with Crippen LogP contribution < -0.4 is 5.73 Å². The van der Waals surface area contributed by atoms with Crippen LogP contribution in [0.25, 0.3) is 0 Å². The maximum atomic E-state index is 12.4. The maximum Gasteiger partial charge on any atom is 0.416 e. The van der Waals surface area contributed by atoms with Gasteiger partial charge in [-0.25, -0.2) is 0 Å². The lowest BCUT2D eigenvalue weighted by atomic mass is 10.0. The van der Waals surface area contributed by atoms with E-state index < -0.39 is 23.8 Å². The third kappa shape index (κ3) is 2.73. The highest BCUT2D eigenvalue weighted by Crippen LogP contribution is 2.33. The van der Waals surface area contributed by atoms with E-state index in [-0.39, 0.29) is 10.0 Å². The predicted octanol–water partition coefficient (Wildman–Crippen LogP) is 2.55. The standard InChI is InChI=1S/C9H7BrF3NO2/c10-6-2-1-4(9(11,12)13)3-5(6)7(14)8(15)16/h1-3,7H,14H2,(H,15,16)/t7-/m0/s1. The molecular weight excluding hydrogens is 291 g/mol. The molecule has 0 amide bonds. The van der Waals surface area contributed by atoms with Gasteiger partial charge < -0.3 is 10.8 Å². The molecule has 0 aliphatic rings. The largest absolute Gasteiger partial charge is 0.480 e. The van der Waals surface area contributed by atoms with Crippen LogP contribution in [0.1, 0.15) is 17.2 Å². The molecule has 0 radical (unpaired) electrons. The molecule has 0 saturated heterocycles. The van der Waals surface area contributed by atoms with E-state index in [1.54, 1.807) is 0 Å². The van der Waals surface area contributed by atoms with Gasteiger partial charge in [0.05, 0.1) is 5.56 Å². The molecule has 1 atom stereocenters. The summed E-state index contributed by atoms with van der Waals surface area (Å²) in [5, 5.41) is 8.63. The molecule has 16 heavy (non-hydrogen) atoms. The van der Waals surface area contributed by atoms with E-state index in [0.717, 1.165) is 18.2 Å². The fourth-order valence-electron chi connectivity index (χ4n) is 1.09. The number of halogens is 4. The van der Waals surface area contributed by atoms with Crippen molar-refractivity contribution in [1.82, 2.24) is 0 Å². The SMILES string of the molecule is N[C@H](C(=O)O)c1cc(C(F)(F)F)ccc1Br. The number of carboxylic acid groups (broad SMARTS) is 1. The van der Waals surface area contributed by atoms with Gasteiger partial charge in [-0.2, -0.15) is 13.2 Å². The average Bonchev–Trinajstić information content (AvgIpc) is 2.15. The van der Waals surface area contributed by atoms with Crippen LogP contribution in [0.3, 0.4) is 0 Å². The number of benzene rings is 1. The molecule has 1 aromatic carbocycles. The van der Waals surface area contributed by atoms with Crippen molar-refractivity contribution >= 4 is 21.9 Å². The first kappa shape index (κ1) is 13.0. The van der Waals surface area contributed by atoms with Gasteiger partial charge in [-0.3, -0.25) is 4.79 Å². The number of nitrogens with two attached hydrogens (primary N) is 1. The number of alkyl halides is 3. The number of hydrogen-bond donors (Lipinski definition) is 2. The van der Waals surface area contributed by atoms with E-state index in [4.69, 9.17) is 10.8 Å². The normalized spacial score (nSPS) is 13.6. The number of aliphatic carboxylic acids is 1. The smallest absolute Gasteiger partial charge is 0.416 e. The minimum absolute atomic E-state index is 0.109. The highest BCUT2D eigenvalue weighted by atomic mass is 79.9. The fraction of sp³-hybridized carbons (Fsp3) is 0.222. The Bertz CT molecular complexity index is 420. The summed E-state index contributed by atoms with van der Waals surface area (Å²) < 4.78 is 37.3. The topological polar surface area (TPSA) is 63.3 Å². The van der Waals surface area contributed by atoms with E-state index in [0.29, 0.717) is 0 Å². The summed E-state index contributed by atoms with van der Waals surface area (Å²) in [5.74, 6) is -1.39. The molecule has 3 N–H and O–H groups in total. The zero-order valence-electron chi connectivity index (χ0n) is 7.75. The first-order chi connectivity index (χ1) is 7.23. The van der Waals surface area contributed by atoms with Crippen LogP contribution in [0.5, 0.6) is 0 Å². The molecule has 0 aromatic heterocycles. The summed E-state index contributed by atoms with van der Waals surface area (Å²) >= 11 is 2.96. The second-order valence-electron chi connectivity index (χ2n) is 3.05. The minimum atomic E-state index is -4.52. The van der Waals surface area contributed by atoms with Crippen molar-refractivity contribution in [2.75, 3.05) is 0 Å². The van der Waals surface area contributed by atoms with Crippen molar-refractivity contribution in [1.29, 1.82) is 0 Å². The number of rotatable bonds is 2. The highest BCUT2D eigenvalue weighted by Gasteiger charge is 2.32. The molecule has 0 aliphatic heterocycles. The van der Waals surface area contributed by atoms with E-state index in [1.165, 1.54) is 0 Å². The van der Waals surface area contributed by atoms with Crippen molar-refractivity contribution in [3.8, 4) is 0 Å². The van der Waals surface area contributed by atoms with Crippen molar-refractivity contribution in [3.05, 3.63) is 33.8 Å². The molecule has 0 unspecified atom stereocenters. The van der Waals surface area contributed by atoms with Crippen molar-refractivity contribution in [3.63, 3.8) is 0 Å². The molecule has 0 bridgehead atoms. The Kier molecular flexibility index (Phi) is 3.59. The van der Waals surface area contributed by atoms with Crippen LogP contribution in [-0.4, -0.2) is 11.1 Å². The van der Waals surface area contributed by atoms with Gasteiger partial charge in [0.25, 0.3) is 0 Å². The molecule has 88 valence electrons. The second-order valence-corrected chi connectivity index (χ2v) is 3.90. The van der Waals surface area contributed by atoms with Gasteiger partial charge in [0.1, 0.15) is 6.04 Å². The third-order valence-corrected chi connectivity index (χ3v) is 2.65. The van der Waals surface area contributed by atoms with Gasteiger partial charge in [-0.05, 0) is 23.8 Å². The van der Waals surface area contributed by atoms with Crippen molar-refractivity contribution in [2.24, 2.45) is 5.73 Å². The summed E-state index contributed by atoms with van der Waals surface area (Å²) in [5.41, 5.74) is 4.22. The molecular formula is C9H7BrF3NO2. The Labute approximate surface area is 97.2 Å². The summed E-state index contributed by atoms with van der Waals surface area (Å²) in [6.45, 7) is 0. The summed E-state index contributed by atoms with van der Waals surface area (Å²) in [6, 6.07) is 1.21. The Morgan fingerprint density at radius 1 is 1.44 bits per heavy atom. The lowest BCUT2D eigenvalue weighted by Crippen LogP contribution is -2.21. The van der Waals surface area contributed by atoms with E-state index in [9.17, 15) is 18.0 Å². The molecule has 3 nitrogen and oxygen atoms in total. The van der Waals surface area contributed by atoms with E-state index >= 15 is 0 Å². The van der Waals surface area contributed by atoms with E-state index in [2.05, 4.69) is 15.9 Å². The van der Waals surface area contributed by atoms with Gasteiger partial charge in [-0.15, -0.1) is 0 Å². The van der Waals surface area contributed by atoms with Gasteiger partial charge in [0, 0.05) is 4.47 Å². The zero-order chi connectivity index (χ0) is 12.5. The Balaban J connectivity index is 3.24. The fourth-order valence-corrected chi connectivity index (χ4v) is 1.58. The molecule has 0 fully saturated rings. The molecule has 0 heterocycles. The van der Waals surface area contributed by atoms with Gasteiger partial charge in [0.2, 0.25) is 0 Å². The number of carbonyl (C=O) groups is 1. The van der Waals surface area contributed by atoms with Crippen LogP contribution in [0.4, 0.5) is 13.2 Å². The van der Waals surface area contributed by atoms with Crippen LogP contribution in [0.2, 0.25) is 0 Å². The van der Waals surface area contributed by atoms with Gasteiger partial charge in [-0.1, -0.05) is 15.9 Å². The molecule has 0 saturated carbocycles. The average molecular weight is 298 g/mol. The Morgan fingerprint density at radius 2 is 2.00 bits per heavy atom. The van der Waals surface area contributed by atoms with Crippen molar-refractivity contribution in [2.45, 2.75) is 12.2 Å². The van der Waals surface area contributed by atoms with Crippen LogP contribution in [-0.2, 0) is 11.0 Å². The predicted molar refractivity (Wildman–Crippen MR) is 53.7 cm³/mol. The van der Waals surface area contributed by atoms with Gasteiger partial charge in [0.15, 0.2) is 0 Å². The van der Waals surface area contributed by atoms with Crippen LogP contribution >= 0.6 is 15.9 Å². The maximum absolute atomic E-state index is 12.4. The molecule has 1 aromatic rings. The summed E-state index contributed by atoms with van der Waals surface area (Å²) in [6.07, 6.45) is -4.52. The summed E-state index contributed by atoms with van der Waals surface area (Å²) in [7, 11) is 0. The molecule has 0 spiro atoms. The monoisotopic (exact) mass is 297 g/mol. The Hall–Kier alpha value is -1.08. The molecule has 7 heteroatoms. The quantitative estimate of drug-likeness (QED) is 0.882. The first-order valence-corrected chi connectivity index (χ1v) is 4.88. The minimum Gasteiger partial charge on any atom is -0.480 e. The summed E-state index contributed by atoms with van der Waals surface area (Å²) in [4.78, 5) is 10.6. The zero-order valence-corrected chi connectivity index (χ0v) is 9.34. The number of carboxylic acids is 1. The van der Waals surface area contributed by atoms with Crippen LogP contribution in [0, 0.1) is 0 Å². The van der Waals surface area contributed by atoms with Gasteiger partial charge >= 0.3 is 12.1 Å². The lowest BCUT2D eigenvalue weighted by Gasteiger charge is -2.13. The lowest BCUT2D eigenvalue weighted by molar-refractivity contribution is -0.140. The number of hydrogen-bond acceptors (Lipinski definition) is 2. The van der Waals surface area contributed by atoms with Crippen molar-refractivity contribution < 1.29 is 23.1 Å². The second kappa shape index (κ2) is 4.42. The Morgan fingerprint density at radius 3 is 2.44 bits per heavy atom. The highest BCUT2D eigenvalue weighted by molar-refractivity contribution is 9.10. The van der Waals surface area contributed by atoms with Crippen LogP contribution in [0.15, 0.2) is 22.7 Å². The van der Waals surface area contributed by atoms with E-state index in [1.807, 2.05) is 0 Å².